The van der Waals surface area contributed by atoms with Crippen LogP contribution in [-0.4, -0.2) is 16.7 Å². The first kappa shape index (κ1) is 13.2. The number of amides is 1. The Bertz CT molecular complexity index is 554. The summed E-state index contributed by atoms with van der Waals surface area (Å²) in [5, 5.41) is 2.77. The summed E-state index contributed by atoms with van der Waals surface area (Å²) >= 11 is 0. The van der Waals surface area contributed by atoms with Crippen LogP contribution in [0.15, 0.2) is 42.6 Å². The maximum atomic E-state index is 11.8. The number of aromatic amines is 1. The number of carbonyl (C=O) groups is 1. The van der Waals surface area contributed by atoms with Gasteiger partial charge in [0.1, 0.15) is 5.60 Å². The molecule has 0 aliphatic heterocycles. The van der Waals surface area contributed by atoms with Crippen LogP contribution in [0.25, 0.3) is 11.3 Å². The molecule has 4 heteroatoms. The standard InChI is InChI=1S/C15H18N2O2/c1-15(2,3)19-14(18)17-13-8-5-4-7-11(13)12-9-6-10-16-12/h4-10,16H,1-3H3,(H,17,18). The molecule has 0 aliphatic carbocycles. The Balaban J connectivity index is 2.20. The molecule has 0 radical (unpaired) electrons. The molecule has 0 spiro atoms. The van der Waals surface area contributed by atoms with Crippen molar-refractivity contribution in [3.8, 4) is 11.3 Å². The number of para-hydroxylation sites is 1. The molecule has 19 heavy (non-hydrogen) atoms. The molecule has 0 saturated heterocycles. The SMILES string of the molecule is CC(C)(C)OC(=O)Nc1ccccc1-c1ccc[nH]1. The van der Waals surface area contributed by atoms with Gasteiger partial charge < -0.3 is 9.72 Å². The third-order valence-corrected chi connectivity index (χ3v) is 2.45. The van der Waals surface area contributed by atoms with Crippen molar-refractivity contribution in [3.05, 3.63) is 42.6 Å². The number of rotatable bonds is 2. The lowest BCUT2D eigenvalue weighted by Gasteiger charge is -2.20. The van der Waals surface area contributed by atoms with Crippen molar-refractivity contribution < 1.29 is 9.53 Å². The average molecular weight is 258 g/mol. The van der Waals surface area contributed by atoms with Crippen molar-refractivity contribution in [3.63, 3.8) is 0 Å². The number of carbonyl (C=O) groups excluding carboxylic acids is 1. The highest BCUT2D eigenvalue weighted by Crippen LogP contribution is 2.26. The number of aromatic nitrogens is 1. The Labute approximate surface area is 112 Å². The third kappa shape index (κ3) is 3.61. The molecule has 0 bridgehead atoms. The molecule has 1 aromatic heterocycles. The van der Waals surface area contributed by atoms with E-state index in [4.69, 9.17) is 4.74 Å². The zero-order valence-electron chi connectivity index (χ0n) is 11.4. The minimum atomic E-state index is -0.508. The van der Waals surface area contributed by atoms with Gasteiger partial charge in [0.25, 0.3) is 0 Å². The van der Waals surface area contributed by atoms with Crippen LogP contribution < -0.4 is 5.32 Å². The van der Waals surface area contributed by atoms with Crippen LogP contribution in [0.5, 0.6) is 0 Å². The van der Waals surface area contributed by atoms with Crippen LogP contribution in [0, 0.1) is 0 Å². The summed E-state index contributed by atoms with van der Waals surface area (Å²) in [6.07, 6.45) is 1.39. The van der Waals surface area contributed by atoms with E-state index in [9.17, 15) is 4.79 Å². The Kier molecular flexibility index (Phi) is 3.60. The van der Waals surface area contributed by atoms with Gasteiger partial charge >= 0.3 is 6.09 Å². The second-order valence-corrected chi connectivity index (χ2v) is 5.26. The molecule has 0 atom stereocenters. The minimum Gasteiger partial charge on any atom is -0.444 e. The Morgan fingerprint density at radius 3 is 2.53 bits per heavy atom. The first-order valence-corrected chi connectivity index (χ1v) is 6.18. The van der Waals surface area contributed by atoms with E-state index in [-0.39, 0.29) is 0 Å². The Hall–Kier alpha value is -2.23. The first-order chi connectivity index (χ1) is 8.96. The molecule has 0 saturated carbocycles. The molecule has 2 N–H and O–H groups in total. The van der Waals surface area contributed by atoms with E-state index in [0.29, 0.717) is 0 Å². The number of nitrogens with one attached hydrogen (secondary N) is 2. The van der Waals surface area contributed by atoms with E-state index in [0.717, 1.165) is 16.9 Å². The van der Waals surface area contributed by atoms with E-state index < -0.39 is 11.7 Å². The molecule has 2 aromatic rings. The number of hydrogen-bond acceptors (Lipinski definition) is 2. The molecule has 0 aliphatic rings. The van der Waals surface area contributed by atoms with Crippen LogP contribution in [0.2, 0.25) is 0 Å². The molecule has 2 rings (SSSR count). The van der Waals surface area contributed by atoms with E-state index in [1.165, 1.54) is 0 Å². The van der Waals surface area contributed by atoms with Crippen molar-refractivity contribution in [2.45, 2.75) is 26.4 Å². The lowest BCUT2D eigenvalue weighted by atomic mass is 10.1. The Morgan fingerprint density at radius 1 is 1.16 bits per heavy atom. The number of H-pyrrole nitrogens is 1. The highest BCUT2D eigenvalue weighted by molar-refractivity contribution is 5.91. The summed E-state index contributed by atoms with van der Waals surface area (Å²) < 4.78 is 5.25. The smallest absolute Gasteiger partial charge is 0.412 e. The summed E-state index contributed by atoms with van der Waals surface area (Å²) in [5.41, 5.74) is 2.09. The van der Waals surface area contributed by atoms with Crippen molar-refractivity contribution in [1.82, 2.24) is 4.98 Å². The van der Waals surface area contributed by atoms with Gasteiger partial charge in [0.2, 0.25) is 0 Å². The topological polar surface area (TPSA) is 54.1 Å². The average Bonchev–Trinajstić information content (AvgIpc) is 2.80. The van der Waals surface area contributed by atoms with E-state index in [1.54, 1.807) is 0 Å². The van der Waals surface area contributed by atoms with Crippen molar-refractivity contribution in [1.29, 1.82) is 0 Å². The van der Waals surface area contributed by atoms with Gasteiger partial charge in [-0.1, -0.05) is 18.2 Å². The fourth-order valence-corrected chi connectivity index (χ4v) is 1.74. The zero-order valence-corrected chi connectivity index (χ0v) is 11.4. The number of anilines is 1. The largest absolute Gasteiger partial charge is 0.444 e. The minimum absolute atomic E-state index is 0.452. The third-order valence-electron chi connectivity index (χ3n) is 2.45. The number of benzene rings is 1. The van der Waals surface area contributed by atoms with E-state index >= 15 is 0 Å². The maximum Gasteiger partial charge on any atom is 0.412 e. The van der Waals surface area contributed by atoms with Crippen molar-refractivity contribution >= 4 is 11.8 Å². The number of ether oxygens (including phenoxy) is 1. The molecule has 0 fully saturated rings. The van der Waals surface area contributed by atoms with Crippen LogP contribution in [0.1, 0.15) is 20.8 Å². The van der Waals surface area contributed by atoms with Gasteiger partial charge in [-0.2, -0.15) is 0 Å². The molecule has 100 valence electrons. The van der Waals surface area contributed by atoms with Gasteiger partial charge in [0.05, 0.1) is 5.69 Å². The molecule has 4 nitrogen and oxygen atoms in total. The van der Waals surface area contributed by atoms with Gasteiger partial charge in [-0.15, -0.1) is 0 Å². The highest BCUT2D eigenvalue weighted by atomic mass is 16.6. The number of hydrogen-bond donors (Lipinski definition) is 2. The molecular formula is C15H18N2O2. The van der Waals surface area contributed by atoms with Crippen molar-refractivity contribution in [2.24, 2.45) is 0 Å². The second kappa shape index (κ2) is 5.18. The van der Waals surface area contributed by atoms with Gasteiger partial charge in [-0.25, -0.2) is 4.79 Å². The highest BCUT2D eigenvalue weighted by Gasteiger charge is 2.17. The molecule has 0 unspecified atom stereocenters. The van der Waals surface area contributed by atoms with E-state index in [2.05, 4.69) is 10.3 Å². The normalized spacial score (nSPS) is 11.1. The maximum absolute atomic E-state index is 11.8. The van der Waals surface area contributed by atoms with Gasteiger partial charge in [-0.3, -0.25) is 5.32 Å². The van der Waals surface area contributed by atoms with Crippen LogP contribution in [-0.2, 0) is 4.74 Å². The molecule has 1 amide bonds. The summed E-state index contributed by atoms with van der Waals surface area (Å²) in [6.45, 7) is 5.51. The summed E-state index contributed by atoms with van der Waals surface area (Å²) in [6, 6.07) is 11.5. The fourth-order valence-electron chi connectivity index (χ4n) is 1.74. The van der Waals surface area contributed by atoms with Gasteiger partial charge in [0.15, 0.2) is 0 Å². The van der Waals surface area contributed by atoms with E-state index in [1.807, 2.05) is 63.4 Å². The quantitative estimate of drug-likeness (QED) is 0.854. The predicted octanol–water partition coefficient (Wildman–Crippen LogP) is 4.03. The first-order valence-electron chi connectivity index (χ1n) is 6.18. The van der Waals surface area contributed by atoms with Crippen LogP contribution in [0.4, 0.5) is 10.5 Å². The Morgan fingerprint density at radius 2 is 1.89 bits per heavy atom. The van der Waals surface area contributed by atoms with Crippen LogP contribution in [0.3, 0.4) is 0 Å². The van der Waals surface area contributed by atoms with Gasteiger partial charge in [-0.05, 0) is 39.0 Å². The lowest BCUT2D eigenvalue weighted by molar-refractivity contribution is 0.0636. The summed E-state index contributed by atoms with van der Waals surface area (Å²) in [5.74, 6) is 0. The molecule has 1 aromatic carbocycles. The van der Waals surface area contributed by atoms with Gasteiger partial charge in [0, 0.05) is 17.5 Å². The summed E-state index contributed by atoms with van der Waals surface area (Å²) in [4.78, 5) is 14.9. The molecular weight excluding hydrogens is 240 g/mol. The fraction of sp³-hybridized carbons (Fsp3) is 0.267. The monoisotopic (exact) mass is 258 g/mol. The lowest BCUT2D eigenvalue weighted by Crippen LogP contribution is -2.27. The van der Waals surface area contributed by atoms with Crippen molar-refractivity contribution in [2.75, 3.05) is 5.32 Å². The second-order valence-electron chi connectivity index (χ2n) is 5.26. The zero-order chi connectivity index (χ0) is 13.9. The van der Waals surface area contributed by atoms with Crippen LogP contribution >= 0.6 is 0 Å². The summed E-state index contributed by atoms with van der Waals surface area (Å²) in [7, 11) is 0. The predicted molar refractivity (Wildman–Crippen MR) is 76.1 cm³/mol. The molecule has 1 heterocycles.